The first-order chi connectivity index (χ1) is 13.5. The van der Waals surface area contributed by atoms with Crippen LogP contribution in [0.1, 0.15) is 84.5 Å². The highest BCUT2D eigenvalue weighted by Gasteiger charge is 2.60. The number of nitrogens with two attached hydrogens (primary N) is 1. The minimum absolute atomic E-state index is 0.133. The molecule has 4 rings (SSSR count). The molecule has 160 valence electrons. The second-order valence-electron chi connectivity index (χ2n) is 10.9. The normalized spacial score (nSPS) is 48.1. The summed E-state index contributed by atoms with van der Waals surface area (Å²) in [5, 5.41) is 14.8. The van der Waals surface area contributed by atoms with E-state index in [1.807, 2.05) is 6.21 Å². The zero-order valence-corrected chi connectivity index (χ0v) is 18.1. The molecule has 0 amide bonds. The van der Waals surface area contributed by atoms with Gasteiger partial charge >= 0.3 is 0 Å². The van der Waals surface area contributed by atoms with Gasteiger partial charge in [-0.1, -0.05) is 25.4 Å². The predicted octanol–water partition coefficient (Wildman–Crippen LogP) is 4.75. The summed E-state index contributed by atoms with van der Waals surface area (Å²) in [4.78, 5) is 5.36. The van der Waals surface area contributed by atoms with Gasteiger partial charge in [-0.25, -0.2) is 0 Å². The molecule has 0 spiro atoms. The van der Waals surface area contributed by atoms with E-state index in [-0.39, 0.29) is 6.10 Å². The van der Waals surface area contributed by atoms with E-state index in [0.717, 1.165) is 43.4 Å². The number of oxime groups is 1. The summed E-state index contributed by atoms with van der Waals surface area (Å²) in [5.74, 6) is 3.91. The lowest BCUT2D eigenvalue weighted by Gasteiger charge is -2.63. The third-order valence-electron chi connectivity index (χ3n) is 9.72. The topological polar surface area (TPSA) is 67.8 Å². The van der Waals surface area contributed by atoms with Crippen LogP contribution >= 0.6 is 0 Å². The van der Waals surface area contributed by atoms with Crippen molar-refractivity contribution in [2.75, 3.05) is 13.2 Å². The van der Waals surface area contributed by atoms with Gasteiger partial charge in [0.05, 0.1) is 6.10 Å². The number of hydrogen-bond acceptors (Lipinski definition) is 4. The average molecular weight is 391 g/mol. The van der Waals surface area contributed by atoms with E-state index in [9.17, 15) is 5.11 Å². The van der Waals surface area contributed by atoms with Crippen LogP contribution < -0.4 is 5.73 Å². The van der Waals surface area contributed by atoms with Crippen LogP contribution in [0.3, 0.4) is 0 Å². The summed E-state index contributed by atoms with van der Waals surface area (Å²) in [6.07, 6.45) is 15.5. The van der Waals surface area contributed by atoms with Gasteiger partial charge in [0, 0.05) is 6.21 Å². The van der Waals surface area contributed by atoms with Gasteiger partial charge in [-0.15, -0.1) is 0 Å². The van der Waals surface area contributed by atoms with Crippen molar-refractivity contribution in [3.63, 3.8) is 0 Å². The average Bonchev–Trinajstić information content (AvgIpc) is 3.07. The minimum atomic E-state index is -0.133. The van der Waals surface area contributed by atoms with Crippen LogP contribution in [0.15, 0.2) is 5.16 Å². The molecular weight excluding hydrogens is 348 g/mol. The second kappa shape index (κ2) is 8.26. The molecule has 0 bridgehead atoms. The SMILES string of the molecule is C[C@@]12CCC[C@H]1[C@@H]1CC[C@@H]3C[C@@H](O)CC(C/C=N/OCCCN)[C@]3(C)[C@H]1CC2. The number of aliphatic hydroxyl groups excluding tert-OH is 1. The fraction of sp³-hybridized carbons (Fsp3) is 0.958. The smallest absolute Gasteiger partial charge is 0.118 e. The van der Waals surface area contributed by atoms with Crippen molar-refractivity contribution in [2.24, 2.45) is 51.3 Å². The van der Waals surface area contributed by atoms with E-state index >= 15 is 0 Å². The summed E-state index contributed by atoms with van der Waals surface area (Å²) in [6, 6.07) is 0. The van der Waals surface area contributed by atoms with Gasteiger partial charge in [-0.05, 0) is 111 Å². The van der Waals surface area contributed by atoms with Gasteiger partial charge in [0.25, 0.3) is 0 Å². The van der Waals surface area contributed by atoms with Gasteiger partial charge in [-0.2, -0.15) is 0 Å². The number of hydrogen-bond donors (Lipinski definition) is 2. The van der Waals surface area contributed by atoms with E-state index < -0.39 is 0 Å². The molecule has 4 aliphatic rings. The highest BCUT2D eigenvalue weighted by atomic mass is 16.6. The maximum absolute atomic E-state index is 10.6. The van der Waals surface area contributed by atoms with Crippen LogP contribution in [0.4, 0.5) is 0 Å². The summed E-state index contributed by atoms with van der Waals surface area (Å²) < 4.78 is 0. The molecule has 0 saturated heterocycles. The molecule has 8 atom stereocenters. The first-order valence-corrected chi connectivity index (χ1v) is 12.0. The van der Waals surface area contributed by atoms with Crippen molar-refractivity contribution in [3.05, 3.63) is 0 Å². The molecule has 0 aromatic heterocycles. The van der Waals surface area contributed by atoms with Gasteiger partial charge in [0.1, 0.15) is 6.61 Å². The molecule has 4 fully saturated rings. The van der Waals surface area contributed by atoms with Gasteiger partial charge in [-0.3, -0.25) is 0 Å². The first kappa shape index (κ1) is 20.7. The molecule has 4 aliphatic carbocycles. The van der Waals surface area contributed by atoms with Crippen LogP contribution in [-0.2, 0) is 4.84 Å². The maximum atomic E-state index is 10.6. The zero-order chi connectivity index (χ0) is 19.8. The van der Waals surface area contributed by atoms with Crippen molar-refractivity contribution < 1.29 is 9.94 Å². The number of rotatable bonds is 6. The third-order valence-corrected chi connectivity index (χ3v) is 9.72. The Morgan fingerprint density at radius 1 is 1.11 bits per heavy atom. The van der Waals surface area contributed by atoms with Crippen molar-refractivity contribution >= 4 is 6.21 Å². The molecule has 1 unspecified atom stereocenters. The van der Waals surface area contributed by atoms with E-state index in [1.54, 1.807) is 0 Å². The summed E-state index contributed by atoms with van der Waals surface area (Å²) in [6.45, 7) is 6.42. The van der Waals surface area contributed by atoms with Gasteiger partial charge in [0.15, 0.2) is 0 Å². The molecule has 4 nitrogen and oxygen atoms in total. The second-order valence-corrected chi connectivity index (χ2v) is 10.9. The summed E-state index contributed by atoms with van der Waals surface area (Å²) in [5.41, 5.74) is 6.49. The van der Waals surface area contributed by atoms with E-state index in [4.69, 9.17) is 10.6 Å². The van der Waals surface area contributed by atoms with Crippen LogP contribution in [0.25, 0.3) is 0 Å². The maximum Gasteiger partial charge on any atom is 0.118 e. The van der Waals surface area contributed by atoms with E-state index in [0.29, 0.717) is 35.8 Å². The van der Waals surface area contributed by atoms with Gasteiger partial charge < -0.3 is 15.7 Å². The molecule has 0 aliphatic heterocycles. The molecule has 0 aromatic rings. The molecular formula is C24H42N2O2. The molecule has 0 heterocycles. The Bertz CT molecular complexity index is 567. The van der Waals surface area contributed by atoms with Crippen LogP contribution in [0.5, 0.6) is 0 Å². The minimum Gasteiger partial charge on any atom is -0.396 e. The highest BCUT2D eigenvalue weighted by molar-refractivity contribution is 5.57. The van der Waals surface area contributed by atoms with Crippen LogP contribution in [0.2, 0.25) is 0 Å². The monoisotopic (exact) mass is 390 g/mol. The highest BCUT2D eigenvalue weighted by Crippen LogP contribution is 2.67. The quantitative estimate of drug-likeness (QED) is 0.391. The Labute approximate surface area is 171 Å². The third kappa shape index (κ3) is 3.53. The Hall–Kier alpha value is -0.610. The number of aliphatic hydroxyl groups is 1. The lowest BCUT2D eigenvalue weighted by Crippen LogP contribution is -2.56. The lowest BCUT2D eigenvalue weighted by atomic mass is 9.42. The summed E-state index contributed by atoms with van der Waals surface area (Å²) >= 11 is 0. The molecule has 4 saturated carbocycles. The number of nitrogens with zero attached hydrogens (tertiary/aromatic N) is 1. The van der Waals surface area contributed by atoms with Crippen molar-refractivity contribution in [1.29, 1.82) is 0 Å². The van der Waals surface area contributed by atoms with Crippen molar-refractivity contribution in [3.8, 4) is 0 Å². The first-order valence-electron chi connectivity index (χ1n) is 12.0. The van der Waals surface area contributed by atoms with E-state index in [1.165, 1.54) is 44.9 Å². The van der Waals surface area contributed by atoms with Gasteiger partial charge in [0.2, 0.25) is 0 Å². The van der Waals surface area contributed by atoms with E-state index in [2.05, 4.69) is 19.0 Å². The van der Waals surface area contributed by atoms with Crippen molar-refractivity contribution in [2.45, 2.75) is 90.6 Å². The molecule has 4 heteroatoms. The standard InChI is InChI=1S/C24H42N2O2/c1-23-10-3-5-21(23)20-7-6-17-15-19(27)16-18(9-13-26-28-14-4-12-25)24(17,2)22(20)8-11-23/h13,17-22,27H,3-12,14-16,25H2,1-2H3/b26-13+/t17-,18?,19-,20+,21+,22+,23+,24-/m1/s1. The Morgan fingerprint density at radius 2 is 1.96 bits per heavy atom. The largest absolute Gasteiger partial charge is 0.396 e. The van der Waals surface area contributed by atoms with Crippen LogP contribution in [0, 0.1) is 40.4 Å². The number of fused-ring (bicyclic) bond motifs is 5. The van der Waals surface area contributed by atoms with Crippen molar-refractivity contribution in [1.82, 2.24) is 0 Å². The summed E-state index contributed by atoms with van der Waals surface area (Å²) in [7, 11) is 0. The Morgan fingerprint density at radius 3 is 2.79 bits per heavy atom. The Kier molecular flexibility index (Phi) is 6.09. The molecule has 3 N–H and O–H groups in total. The fourth-order valence-electron chi connectivity index (χ4n) is 8.25. The molecule has 0 radical (unpaired) electrons. The fourth-order valence-corrected chi connectivity index (χ4v) is 8.25. The van der Waals surface area contributed by atoms with Crippen LogP contribution in [-0.4, -0.2) is 30.6 Å². The lowest BCUT2D eigenvalue weighted by molar-refractivity contribution is -0.150. The Balaban J connectivity index is 1.51. The molecule has 28 heavy (non-hydrogen) atoms. The predicted molar refractivity (Wildman–Crippen MR) is 114 cm³/mol. The molecule has 0 aromatic carbocycles. The zero-order valence-electron chi connectivity index (χ0n) is 18.1.